The average Bonchev–Trinajstić information content (AvgIpc) is 3.25. The first kappa shape index (κ1) is 20.5. The van der Waals surface area contributed by atoms with Crippen LogP contribution in [0.1, 0.15) is 48.9 Å². The fourth-order valence-corrected chi connectivity index (χ4v) is 4.98. The van der Waals surface area contributed by atoms with Gasteiger partial charge in [-0.15, -0.1) is 0 Å². The Balaban J connectivity index is 1.55. The van der Waals surface area contributed by atoms with Crippen LogP contribution < -0.4 is 5.32 Å². The zero-order chi connectivity index (χ0) is 20.0. The standard InChI is InChI=1S/C20H28N4O3S/c1-23(18-7-3-2-4-8-18)28(26,27)19-11-9-17(10-12-19)20(25)21-13-5-15-24-16-6-14-22-24/h6,9-12,14,16,18H,2-5,7-8,13,15H2,1H3,(H,21,25). The topological polar surface area (TPSA) is 84.3 Å². The molecule has 0 unspecified atom stereocenters. The van der Waals surface area contributed by atoms with Crippen LogP contribution in [0, 0.1) is 0 Å². The highest BCUT2D eigenvalue weighted by molar-refractivity contribution is 7.89. The lowest BCUT2D eigenvalue weighted by Gasteiger charge is -2.30. The van der Waals surface area contributed by atoms with Crippen LogP contribution in [0.4, 0.5) is 0 Å². The normalized spacial score (nSPS) is 15.6. The second kappa shape index (κ2) is 9.34. The van der Waals surface area contributed by atoms with Crippen LogP contribution in [0.15, 0.2) is 47.6 Å². The molecule has 3 rings (SSSR count). The summed E-state index contributed by atoms with van der Waals surface area (Å²) < 4.78 is 29.0. The number of rotatable bonds is 8. The van der Waals surface area contributed by atoms with E-state index in [0.717, 1.165) is 38.6 Å². The van der Waals surface area contributed by atoms with Gasteiger partial charge in [0.05, 0.1) is 4.90 Å². The number of benzene rings is 1. The molecule has 28 heavy (non-hydrogen) atoms. The van der Waals surface area contributed by atoms with Gasteiger partial charge in [-0.3, -0.25) is 9.48 Å². The molecule has 0 bridgehead atoms. The van der Waals surface area contributed by atoms with Gasteiger partial charge in [0, 0.05) is 44.1 Å². The molecule has 0 atom stereocenters. The zero-order valence-corrected chi connectivity index (χ0v) is 17.1. The number of sulfonamides is 1. The molecule has 1 saturated carbocycles. The van der Waals surface area contributed by atoms with Crippen molar-refractivity contribution >= 4 is 15.9 Å². The number of aryl methyl sites for hydroxylation is 1. The molecule has 2 aromatic rings. The first-order chi connectivity index (χ1) is 13.5. The highest BCUT2D eigenvalue weighted by atomic mass is 32.2. The maximum Gasteiger partial charge on any atom is 0.251 e. The number of nitrogens with one attached hydrogen (secondary N) is 1. The minimum atomic E-state index is -3.54. The second-order valence-electron chi connectivity index (χ2n) is 7.22. The number of hydrogen-bond acceptors (Lipinski definition) is 4. The van der Waals surface area contributed by atoms with E-state index in [-0.39, 0.29) is 16.8 Å². The Hall–Kier alpha value is -2.19. The summed E-state index contributed by atoms with van der Waals surface area (Å²) in [6, 6.07) is 8.12. The first-order valence-electron chi connectivity index (χ1n) is 9.82. The third kappa shape index (κ3) is 4.99. The number of amides is 1. The number of hydrogen-bond donors (Lipinski definition) is 1. The van der Waals surface area contributed by atoms with Gasteiger partial charge in [0.2, 0.25) is 10.0 Å². The van der Waals surface area contributed by atoms with Crippen molar-refractivity contribution in [2.45, 2.75) is 56.0 Å². The van der Waals surface area contributed by atoms with Crippen molar-refractivity contribution in [3.8, 4) is 0 Å². The Morgan fingerprint density at radius 3 is 2.57 bits per heavy atom. The van der Waals surface area contributed by atoms with Crippen molar-refractivity contribution < 1.29 is 13.2 Å². The van der Waals surface area contributed by atoms with Crippen LogP contribution in [0.3, 0.4) is 0 Å². The molecule has 0 radical (unpaired) electrons. The van der Waals surface area contributed by atoms with Gasteiger partial charge >= 0.3 is 0 Å². The fraction of sp³-hybridized carbons (Fsp3) is 0.500. The van der Waals surface area contributed by atoms with Gasteiger partial charge in [0.15, 0.2) is 0 Å². The summed E-state index contributed by atoms with van der Waals surface area (Å²) in [6.07, 6.45) is 9.52. The van der Waals surface area contributed by atoms with E-state index >= 15 is 0 Å². The van der Waals surface area contributed by atoms with Crippen LogP contribution >= 0.6 is 0 Å². The molecule has 0 spiro atoms. The van der Waals surface area contributed by atoms with Crippen molar-refractivity contribution in [3.05, 3.63) is 48.3 Å². The lowest BCUT2D eigenvalue weighted by atomic mass is 9.96. The summed E-state index contributed by atoms with van der Waals surface area (Å²) in [7, 11) is -1.88. The van der Waals surface area contributed by atoms with E-state index in [1.54, 1.807) is 25.4 Å². The number of aromatic nitrogens is 2. The average molecular weight is 405 g/mol. The minimum absolute atomic E-state index is 0.0662. The third-order valence-electron chi connectivity index (χ3n) is 5.29. The van der Waals surface area contributed by atoms with Gasteiger partial charge in [0.25, 0.3) is 5.91 Å². The Morgan fingerprint density at radius 2 is 1.93 bits per heavy atom. The quantitative estimate of drug-likeness (QED) is 0.686. The van der Waals surface area contributed by atoms with E-state index in [2.05, 4.69) is 10.4 Å². The smallest absolute Gasteiger partial charge is 0.251 e. The molecular formula is C20H28N4O3S. The monoisotopic (exact) mass is 404 g/mol. The molecular weight excluding hydrogens is 376 g/mol. The van der Waals surface area contributed by atoms with Gasteiger partial charge in [-0.05, 0) is 49.6 Å². The third-order valence-corrected chi connectivity index (χ3v) is 7.22. The summed E-state index contributed by atoms with van der Waals surface area (Å²) in [5, 5.41) is 6.97. The van der Waals surface area contributed by atoms with Gasteiger partial charge in [-0.1, -0.05) is 19.3 Å². The Bertz CT molecular complexity index is 857. The molecule has 0 saturated heterocycles. The number of carbonyl (C=O) groups excluding carboxylic acids is 1. The van der Waals surface area contributed by atoms with E-state index in [1.807, 2.05) is 16.9 Å². The van der Waals surface area contributed by atoms with Crippen molar-refractivity contribution in [2.75, 3.05) is 13.6 Å². The molecule has 1 fully saturated rings. The lowest BCUT2D eigenvalue weighted by molar-refractivity contribution is 0.0952. The van der Waals surface area contributed by atoms with Crippen molar-refractivity contribution in [2.24, 2.45) is 0 Å². The molecule has 152 valence electrons. The van der Waals surface area contributed by atoms with Gasteiger partial charge in [0.1, 0.15) is 0 Å². The van der Waals surface area contributed by atoms with Crippen LogP contribution in [0.25, 0.3) is 0 Å². The second-order valence-corrected chi connectivity index (χ2v) is 9.21. The van der Waals surface area contributed by atoms with Gasteiger partial charge < -0.3 is 5.32 Å². The van der Waals surface area contributed by atoms with Crippen molar-refractivity contribution in [1.82, 2.24) is 19.4 Å². The fourth-order valence-electron chi connectivity index (χ4n) is 3.56. The Morgan fingerprint density at radius 1 is 1.21 bits per heavy atom. The van der Waals surface area contributed by atoms with E-state index in [4.69, 9.17) is 0 Å². The van der Waals surface area contributed by atoms with Gasteiger partial charge in [-0.2, -0.15) is 9.40 Å². The molecule has 1 aliphatic carbocycles. The predicted octanol–water partition coefficient (Wildman–Crippen LogP) is 2.66. The Labute approximate surface area is 166 Å². The molecule has 1 N–H and O–H groups in total. The van der Waals surface area contributed by atoms with Crippen LogP contribution in [0.2, 0.25) is 0 Å². The summed E-state index contributed by atoms with van der Waals surface area (Å²) >= 11 is 0. The molecule has 8 heteroatoms. The van der Waals surface area contributed by atoms with E-state index < -0.39 is 10.0 Å². The van der Waals surface area contributed by atoms with Gasteiger partial charge in [-0.25, -0.2) is 8.42 Å². The maximum atomic E-state index is 12.9. The van der Waals surface area contributed by atoms with E-state index in [0.29, 0.717) is 12.1 Å². The Kier molecular flexibility index (Phi) is 6.85. The molecule has 7 nitrogen and oxygen atoms in total. The molecule has 1 aromatic carbocycles. The summed E-state index contributed by atoms with van der Waals surface area (Å²) in [6.45, 7) is 1.27. The van der Waals surface area contributed by atoms with Crippen molar-refractivity contribution in [3.63, 3.8) is 0 Å². The maximum absolute atomic E-state index is 12.9. The number of carbonyl (C=O) groups is 1. The lowest BCUT2D eigenvalue weighted by Crippen LogP contribution is -2.38. The van der Waals surface area contributed by atoms with Crippen LogP contribution in [-0.2, 0) is 16.6 Å². The minimum Gasteiger partial charge on any atom is -0.352 e. The van der Waals surface area contributed by atoms with E-state index in [9.17, 15) is 13.2 Å². The highest BCUT2D eigenvalue weighted by Gasteiger charge is 2.29. The zero-order valence-electron chi connectivity index (χ0n) is 16.3. The molecule has 1 aromatic heterocycles. The predicted molar refractivity (Wildman–Crippen MR) is 107 cm³/mol. The molecule has 0 aliphatic heterocycles. The molecule has 1 aliphatic rings. The largest absolute Gasteiger partial charge is 0.352 e. The molecule has 1 heterocycles. The summed E-state index contributed by atoms with van der Waals surface area (Å²) in [5.41, 5.74) is 0.457. The summed E-state index contributed by atoms with van der Waals surface area (Å²) in [5.74, 6) is -0.204. The SMILES string of the molecule is CN(C1CCCCC1)S(=O)(=O)c1ccc(C(=O)NCCCn2cccn2)cc1. The molecule has 1 amide bonds. The van der Waals surface area contributed by atoms with Crippen LogP contribution in [0.5, 0.6) is 0 Å². The van der Waals surface area contributed by atoms with E-state index in [1.165, 1.54) is 22.9 Å². The first-order valence-corrected chi connectivity index (χ1v) is 11.3. The number of nitrogens with zero attached hydrogens (tertiary/aromatic N) is 3. The van der Waals surface area contributed by atoms with Crippen LogP contribution in [-0.4, -0.2) is 48.0 Å². The summed E-state index contributed by atoms with van der Waals surface area (Å²) in [4.78, 5) is 12.5. The van der Waals surface area contributed by atoms with Crippen molar-refractivity contribution in [1.29, 1.82) is 0 Å². The highest BCUT2D eigenvalue weighted by Crippen LogP contribution is 2.26.